The molecular formula is C15H21BrClNO. The van der Waals surface area contributed by atoms with Crippen LogP contribution in [0.2, 0.25) is 5.02 Å². The number of halogens is 2. The molecule has 0 saturated heterocycles. The fourth-order valence-corrected chi connectivity index (χ4v) is 3.19. The standard InChI is InChI=1S/C15H21BrClNO/c1-11-4-6-15(10-19,7-5-11)18-9-12-2-3-14(17)13(16)8-12/h2-3,8,11,18-19H,4-7,9-10H2,1H3. The molecule has 1 aromatic carbocycles. The average Bonchev–Trinajstić information content (AvgIpc) is 2.42. The molecule has 0 unspecified atom stereocenters. The number of aliphatic hydroxyl groups excluding tert-OH is 1. The second-order valence-electron chi connectivity index (χ2n) is 5.72. The highest BCUT2D eigenvalue weighted by molar-refractivity contribution is 9.10. The van der Waals surface area contributed by atoms with Crippen molar-refractivity contribution in [3.63, 3.8) is 0 Å². The van der Waals surface area contributed by atoms with Crippen LogP contribution in [0.5, 0.6) is 0 Å². The highest BCUT2D eigenvalue weighted by Gasteiger charge is 2.32. The third-order valence-corrected chi connectivity index (χ3v) is 5.40. The van der Waals surface area contributed by atoms with Crippen LogP contribution in [-0.2, 0) is 6.54 Å². The molecule has 2 nitrogen and oxygen atoms in total. The first-order chi connectivity index (χ1) is 9.04. The van der Waals surface area contributed by atoms with Gasteiger partial charge in [0.25, 0.3) is 0 Å². The molecule has 0 spiro atoms. The van der Waals surface area contributed by atoms with Crippen LogP contribution in [0, 0.1) is 5.92 Å². The van der Waals surface area contributed by atoms with Crippen LogP contribution in [0.15, 0.2) is 22.7 Å². The first-order valence-electron chi connectivity index (χ1n) is 6.84. The molecule has 106 valence electrons. The van der Waals surface area contributed by atoms with E-state index in [-0.39, 0.29) is 12.1 Å². The molecule has 1 aromatic rings. The third kappa shape index (κ3) is 3.94. The minimum absolute atomic E-state index is 0.0986. The van der Waals surface area contributed by atoms with E-state index in [0.29, 0.717) is 0 Å². The third-order valence-electron chi connectivity index (χ3n) is 4.19. The first kappa shape index (κ1) is 15.3. The predicted octanol–water partition coefficient (Wildman–Crippen LogP) is 4.13. The van der Waals surface area contributed by atoms with Gasteiger partial charge < -0.3 is 10.4 Å². The van der Waals surface area contributed by atoms with Gasteiger partial charge in [-0.05, 0) is 65.2 Å². The van der Waals surface area contributed by atoms with E-state index in [4.69, 9.17) is 11.6 Å². The van der Waals surface area contributed by atoms with Gasteiger partial charge in [-0.1, -0.05) is 24.6 Å². The molecule has 2 rings (SSSR count). The molecule has 2 N–H and O–H groups in total. The molecule has 0 amide bonds. The Bertz CT molecular complexity index is 430. The van der Waals surface area contributed by atoms with Crippen molar-refractivity contribution in [2.75, 3.05) is 6.61 Å². The highest BCUT2D eigenvalue weighted by atomic mass is 79.9. The number of nitrogens with one attached hydrogen (secondary N) is 1. The lowest BCUT2D eigenvalue weighted by molar-refractivity contribution is 0.104. The number of benzene rings is 1. The Morgan fingerprint density at radius 3 is 2.68 bits per heavy atom. The maximum absolute atomic E-state index is 9.71. The van der Waals surface area contributed by atoms with Crippen molar-refractivity contribution in [1.82, 2.24) is 5.32 Å². The Morgan fingerprint density at radius 1 is 1.42 bits per heavy atom. The second-order valence-corrected chi connectivity index (χ2v) is 6.98. The Morgan fingerprint density at radius 2 is 2.11 bits per heavy atom. The molecule has 4 heteroatoms. The highest BCUT2D eigenvalue weighted by Crippen LogP contribution is 2.32. The van der Waals surface area contributed by atoms with Crippen LogP contribution in [0.1, 0.15) is 38.2 Å². The van der Waals surface area contributed by atoms with Gasteiger partial charge in [0.1, 0.15) is 0 Å². The van der Waals surface area contributed by atoms with Crippen LogP contribution in [0.25, 0.3) is 0 Å². The average molecular weight is 347 g/mol. The van der Waals surface area contributed by atoms with Crippen LogP contribution in [0.3, 0.4) is 0 Å². The summed E-state index contributed by atoms with van der Waals surface area (Å²) in [7, 11) is 0. The molecule has 0 radical (unpaired) electrons. The summed E-state index contributed by atoms with van der Waals surface area (Å²) < 4.78 is 0.920. The van der Waals surface area contributed by atoms with Gasteiger partial charge in [-0.3, -0.25) is 0 Å². The Kier molecular flexibility index (Phi) is 5.29. The summed E-state index contributed by atoms with van der Waals surface area (Å²) >= 11 is 9.43. The quantitative estimate of drug-likeness (QED) is 0.859. The molecule has 19 heavy (non-hydrogen) atoms. The zero-order chi connectivity index (χ0) is 13.9. The van der Waals surface area contributed by atoms with Gasteiger partial charge in [0.05, 0.1) is 11.6 Å². The zero-order valence-corrected chi connectivity index (χ0v) is 13.6. The Labute approximate surface area is 128 Å². The summed E-state index contributed by atoms with van der Waals surface area (Å²) in [5.74, 6) is 0.783. The lowest BCUT2D eigenvalue weighted by atomic mass is 9.77. The van der Waals surface area contributed by atoms with Crippen molar-refractivity contribution in [3.05, 3.63) is 33.3 Å². The van der Waals surface area contributed by atoms with E-state index in [1.54, 1.807) is 0 Å². The normalized spacial score (nSPS) is 27.5. The maximum Gasteiger partial charge on any atom is 0.0613 e. The zero-order valence-electron chi connectivity index (χ0n) is 11.3. The Balaban J connectivity index is 1.97. The SMILES string of the molecule is CC1CCC(CO)(NCc2ccc(Cl)c(Br)c2)CC1. The van der Waals surface area contributed by atoms with Crippen molar-refractivity contribution < 1.29 is 5.11 Å². The van der Waals surface area contributed by atoms with Crippen molar-refractivity contribution in [2.24, 2.45) is 5.92 Å². The molecule has 0 bridgehead atoms. The molecule has 0 atom stereocenters. The largest absolute Gasteiger partial charge is 0.394 e. The monoisotopic (exact) mass is 345 g/mol. The van der Waals surface area contributed by atoms with Crippen molar-refractivity contribution in [2.45, 2.75) is 44.7 Å². The maximum atomic E-state index is 9.71. The number of rotatable bonds is 4. The summed E-state index contributed by atoms with van der Waals surface area (Å²) in [6.07, 6.45) is 4.49. The van der Waals surface area contributed by atoms with E-state index in [2.05, 4.69) is 28.2 Å². The van der Waals surface area contributed by atoms with Crippen LogP contribution >= 0.6 is 27.5 Å². The van der Waals surface area contributed by atoms with Gasteiger partial charge in [-0.2, -0.15) is 0 Å². The predicted molar refractivity (Wildman–Crippen MR) is 83.4 cm³/mol. The summed E-state index contributed by atoms with van der Waals surface area (Å²) in [4.78, 5) is 0. The van der Waals surface area contributed by atoms with Gasteiger partial charge in [-0.15, -0.1) is 0 Å². The minimum Gasteiger partial charge on any atom is -0.394 e. The molecule has 1 fully saturated rings. The van der Waals surface area contributed by atoms with E-state index in [0.717, 1.165) is 34.8 Å². The van der Waals surface area contributed by atoms with Crippen molar-refractivity contribution in [3.8, 4) is 0 Å². The van der Waals surface area contributed by atoms with E-state index < -0.39 is 0 Å². The van der Waals surface area contributed by atoms with Gasteiger partial charge in [0, 0.05) is 16.6 Å². The second kappa shape index (κ2) is 6.57. The number of hydrogen-bond donors (Lipinski definition) is 2. The lowest BCUT2D eigenvalue weighted by Gasteiger charge is -2.39. The summed E-state index contributed by atoms with van der Waals surface area (Å²) in [5, 5.41) is 14.0. The number of hydrogen-bond acceptors (Lipinski definition) is 2. The van der Waals surface area contributed by atoms with E-state index in [1.165, 1.54) is 18.4 Å². The smallest absolute Gasteiger partial charge is 0.0613 e. The van der Waals surface area contributed by atoms with Crippen LogP contribution < -0.4 is 5.32 Å². The van der Waals surface area contributed by atoms with Crippen molar-refractivity contribution >= 4 is 27.5 Å². The van der Waals surface area contributed by atoms with Crippen LogP contribution in [-0.4, -0.2) is 17.3 Å². The molecule has 0 heterocycles. The molecular weight excluding hydrogens is 326 g/mol. The van der Waals surface area contributed by atoms with Gasteiger partial charge in [0.15, 0.2) is 0 Å². The molecule has 1 saturated carbocycles. The summed E-state index contributed by atoms with van der Waals surface area (Å²) in [6, 6.07) is 5.96. The topological polar surface area (TPSA) is 32.3 Å². The molecule has 1 aliphatic carbocycles. The fraction of sp³-hybridized carbons (Fsp3) is 0.600. The summed E-state index contributed by atoms with van der Waals surface area (Å²) in [6.45, 7) is 3.27. The van der Waals surface area contributed by atoms with Gasteiger partial charge in [-0.25, -0.2) is 0 Å². The first-order valence-corrected chi connectivity index (χ1v) is 8.01. The molecule has 1 aliphatic rings. The van der Waals surface area contributed by atoms with Gasteiger partial charge in [0.2, 0.25) is 0 Å². The molecule has 0 aromatic heterocycles. The molecule has 0 aliphatic heterocycles. The van der Waals surface area contributed by atoms with Gasteiger partial charge >= 0.3 is 0 Å². The minimum atomic E-state index is -0.0986. The van der Waals surface area contributed by atoms with E-state index >= 15 is 0 Å². The lowest BCUT2D eigenvalue weighted by Crippen LogP contribution is -2.50. The van der Waals surface area contributed by atoms with E-state index in [9.17, 15) is 5.11 Å². The van der Waals surface area contributed by atoms with Crippen LogP contribution in [0.4, 0.5) is 0 Å². The van der Waals surface area contributed by atoms with Crippen molar-refractivity contribution in [1.29, 1.82) is 0 Å². The Hall–Kier alpha value is -0.0900. The number of aliphatic hydroxyl groups is 1. The van der Waals surface area contributed by atoms with E-state index in [1.807, 2.05) is 18.2 Å². The fourth-order valence-electron chi connectivity index (χ4n) is 2.64. The summed E-state index contributed by atoms with van der Waals surface area (Å²) in [5.41, 5.74) is 1.08.